The summed E-state index contributed by atoms with van der Waals surface area (Å²) in [5.41, 5.74) is 0. The summed E-state index contributed by atoms with van der Waals surface area (Å²) in [4.78, 5) is 0. The van der Waals surface area contributed by atoms with E-state index in [2.05, 4.69) is 0 Å². The van der Waals surface area contributed by atoms with E-state index in [0.717, 1.165) is 0 Å². The van der Waals surface area contributed by atoms with Gasteiger partial charge in [0.2, 0.25) is 0 Å². The summed E-state index contributed by atoms with van der Waals surface area (Å²) in [6.07, 6.45) is 0. The van der Waals surface area contributed by atoms with Crippen LogP contribution in [0.2, 0.25) is 0 Å². The largest absolute Gasteiger partial charge is 4.00 e. The van der Waals surface area contributed by atoms with E-state index < -0.39 is 0 Å². The van der Waals surface area contributed by atoms with Gasteiger partial charge in [0.15, 0.2) is 0 Å². The monoisotopic (exact) mass is 229 g/mol. The minimum Gasteiger partial charge on any atom is -1.00 e. The summed E-state index contributed by atoms with van der Waals surface area (Å²) in [6, 6.07) is 0. The Bertz CT molecular complexity index is 8.75. The molecule has 0 bridgehead atoms. The molecule has 0 aliphatic heterocycles. The van der Waals surface area contributed by atoms with Crippen molar-refractivity contribution in [3.05, 3.63) is 0 Å². The molecule has 0 aromatic heterocycles. The fraction of sp³-hybridized carbons (Fsp3) is 0. The van der Waals surface area contributed by atoms with Crippen molar-refractivity contribution in [1.82, 2.24) is 0 Å². The number of hydrogen-bond acceptors (Lipinski definition) is 0. The average molecular weight is 229 g/mol. The van der Waals surface area contributed by atoms with Crippen LogP contribution in [-0.2, 0) is 0 Å². The predicted octanol–water partition coefficient (Wildman–Crippen LogP) is -8.88. The molecular weight excluding hydrogens is 225 g/mol. The Balaban J connectivity index is 0. The smallest absolute Gasteiger partial charge is 1.00 e. The predicted molar refractivity (Wildman–Crippen MR) is 9.98 cm³/mol. The Morgan fingerprint density at radius 1 is 0.750 bits per heavy atom. The SMILES string of the molecule is [Cl-].[Cl-].[Cl-].[HH].[HH].[Sn+4]. The Labute approximate surface area is 63.9 Å². The van der Waals surface area contributed by atoms with Gasteiger partial charge in [-0.1, -0.05) is 0 Å². The minimum absolute atomic E-state index is 0. The fourth-order valence-corrected chi connectivity index (χ4v) is 0. The maximum Gasteiger partial charge on any atom is 4.00 e. The molecule has 0 aliphatic carbocycles. The van der Waals surface area contributed by atoms with Gasteiger partial charge >= 0.3 is 23.9 Å². The fourth-order valence-electron chi connectivity index (χ4n) is 0. The molecule has 0 radical (unpaired) electrons. The molecule has 0 heterocycles. The molecule has 0 aliphatic rings. The first-order valence-electron chi connectivity index (χ1n) is 0. The Kier molecular flexibility index (Phi) is 250. The summed E-state index contributed by atoms with van der Waals surface area (Å²) in [5, 5.41) is 0. The van der Waals surface area contributed by atoms with E-state index >= 15 is 0 Å². The van der Waals surface area contributed by atoms with Gasteiger partial charge in [0.25, 0.3) is 0 Å². The van der Waals surface area contributed by atoms with E-state index in [1.807, 2.05) is 0 Å². The quantitative estimate of drug-likeness (QED) is 0.362. The van der Waals surface area contributed by atoms with Crippen LogP contribution in [0.5, 0.6) is 0 Å². The second-order valence-corrected chi connectivity index (χ2v) is 0. The van der Waals surface area contributed by atoms with Crippen molar-refractivity contribution in [1.29, 1.82) is 0 Å². The number of rotatable bonds is 0. The zero-order valence-electron chi connectivity index (χ0n) is 1.63. The first-order chi connectivity index (χ1) is 0. The molecule has 0 saturated heterocycles. The second-order valence-electron chi connectivity index (χ2n) is 0. The van der Waals surface area contributed by atoms with Crippen LogP contribution < -0.4 is 37.2 Å². The minimum atomic E-state index is 0. The van der Waals surface area contributed by atoms with Crippen molar-refractivity contribution in [3.63, 3.8) is 0 Å². The van der Waals surface area contributed by atoms with Crippen LogP contribution in [0.4, 0.5) is 0 Å². The van der Waals surface area contributed by atoms with Crippen LogP contribution in [-0.4, -0.2) is 23.9 Å². The van der Waals surface area contributed by atoms with Crippen LogP contribution in [0.1, 0.15) is 2.85 Å². The van der Waals surface area contributed by atoms with E-state index in [1.54, 1.807) is 0 Å². The summed E-state index contributed by atoms with van der Waals surface area (Å²) >= 11 is 0. The molecule has 0 atom stereocenters. The van der Waals surface area contributed by atoms with Gasteiger partial charge in [-0.3, -0.25) is 0 Å². The van der Waals surface area contributed by atoms with Gasteiger partial charge in [0, 0.05) is 2.85 Å². The summed E-state index contributed by atoms with van der Waals surface area (Å²) < 4.78 is 0. The molecule has 0 saturated carbocycles. The molecule has 0 aromatic rings. The molecule has 0 nitrogen and oxygen atoms in total. The molecule has 0 amide bonds. The van der Waals surface area contributed by atoms with Crippen LogP contribution in [0, 0.1) is 0 Å². The molecule has 0 spiro atoms. The number of hydrogen-bond donors (Lipinski definition) is 0. The van der Waals surface area contributed by atoms with Crippen LogP contribution in [0.3, 0.4) is 0 Å². The third-order valence-electron chi connectivity index (χ3n) is 0. The van der Waals surface area contributed by atoms with Crippen LogP contribution >= 0.6 is 0 Å². The molecule has 0 aromatic carbocycles. The first kappa shape index (κ1) is 44.4. The van der Waals surface area contributed by atoms with Gasteiger partial charge < -0.3 is 37.2 Å². The van der Waals surface area contributed by atoms with Gasteiger partial charge in [-0.15, -0.1) is 0 Å². The zero-order chi connectivity index (χ0) is 0. The van der Waals surface area contributed by atoms with E-state index in [0.29, 0.717) is 0 Å². The van der Waals surface area contributed by atoms with E-state index in [9.17, 15) is 0 Å². The summed E-state index contributed by atoms with van der Waals surface area (Å²) in [6.45, 7) is 0. The number of halogens is 3. The first-order valence-corrected chi connectivity index (χ1v) is 0. The van der Waals surface area contributed by atoms with Gasteiger partial charge in [-0.05, 0) is 0 Å². The van der Waals surface area contributed by atoms with Gasteiger partial charge in [0.1, 0.15) is 0 Å². The Morgan fingerprint density at radius 2 is 0.750 bits per heavy atom. The zero-order valence-corrected chi connectivity index (χ0v) is 6.76. The van der Waals surface area contributed by atoms with Crippen molar-refractivity contribution in [2.45, 2.75) is 0 Å². The van der Waals surface area contributed by atoms with Crippen molar-refractivity contribution in [3.8, 4) is 0 Å². The topological polar surface area (TPSA) is 0 Å². The Hall–Kier alpha value is 1.67. The van der Waals surface area contributed by atoms with Crippen molar-refractivity contribution in [2.24, 2.45) is 0 Å². The van der Waals surface area contributed by atoms with Gasteiger partial charge in [0.05, 0.1) is 0 Å². The van der Waals surface area contributed by atoms with Gasteiger partial charge in [-0.2, -0.15) is 0 Å². The maximum atomic E-state index is 0. The van der Waals surface area contributed by atoms with Crippen molar-refractivity contribution < 1.29 is 40.1 Å². The van der Waals surface area contributed by atoms with Crippen LogP contribution in [0.15, 0.2) is 0 Å². The van der Waals surface area contributed by atoms with Gasteiger partial charge in [-0.25, -0.2) is 0 Å². The third kappa shape index (κ3) is 9.38. The molecule has 28 valence electrons. The molecule has 4 heavy (non-hydrogen) atoms. The summed E-state index contributed by atoms with van der Waals surface area (Å²) in [7, 11) is 0. The van der Waals surface area contributed by atoms with Crippen molar-refractivity contribution in [2.75, 3.05) is 0 Å². The van der Waals surface area contributed by atoms with Crippen molar-refractivity contribution >= 4 is 23.9 Å². The van der Waals surface area contributed by atoms with E-state index in [4.69, 9.17) is 0 Å². The Morgan fingerprint density at radius 3 is 0.750 bits per heavy atom. The standard InChI is InChI=1S/3ClH.Sn.2H2/h3*1H;;2*1H/q;;;+4;;/p-3. The average Bonchev–Trinajstić information content (AvgIpc) is 0. The molecule has 0 fully saturated rings. The summed E-state index contributed by atoms with van der Waals surface area (Å²) in [5.74, 6) is 0. The third-order valence-corrected chi connectivity index (χ3v) is 0. The maximum absolute atomic E-state index is 0. The molecule has 0 unspecified atom stereocenters. The molecule has 4 heteroatoms. The molecule has 0 N–H and O–H groups in total. The van der Waals surface area contributed by atoms with E-state index in [-0.39, 0.29) is 64.0 Å². The second kappa shape index (κ2) is 22.6. The molecule has 0 rings (SSSR count). The molecular formula is H4Cl3Sn+. The van der Waals surface area contributed by atoms with Crippen LogP contribution in [0.25, 0.3) is 0 Å². The normalized spacial score (nSPS) is 0. The van der Waals surface area contributed by atoms with E-state index in [1.165, 1.54) is 0 Å².